The van der Waals surface area contributed by atoms with Gasteiger partial charge in [0.1, 0.15) is 0 Å². The Morgan fingerprint density at radius 2 is 2.22 bits per heavy atom. The number of nitrogens with one attached hydrogen (secondary N) is 1. The van der Waals surface area contributed by atoms with Gasteiger partial charge in [0.05, 0.1) is 0 Å². The molecule has 0 saturated carbocycles. The van der Waals surface area contributed by atoms with Crippen LogP contribution >= 0.6 is 0 Å². The van der Waals surface area contributed by atoms with Gasteiger partial charge in [-0.2, -0.15) is 0 Å². The summed E-state index contributed by atoms with van der Waals surface area (Å²) in [6.45, 7) is 3.93. The number of rotatable bonds is 2. The Hall–Kier alpha value is -1.97. The Balaban J connectivity index is 2.37. The Morgan fingerprint density at radius 3 is 2.89 bits per heavy atom. The third-order valence-corrected chi connectivity index (χ3v) is 3.32. The van der Waals surface area contributed by atoms with Crippen LogP contribution in [0.2, 0.25) is 0 Å². The lowest BCUT2D eigenvalue weighted by Gasteiger charge is -2.32. The molecule has 4 heteroatoms. The average molecular weight is 245 g/mol. The van der Waals surface area contributed by atoms with Crippen LogP contribution in [0.25, 0.3) is 5.70 Å². The summed E-state index contributed by atoms with van der Waals surface area (Å²) in [5, 5.41) is 2.85. The van der Waals surface area contributed by atoms with E-state index in [0.717, 1.165) is 22.6 Å². The molecule has 1 aromatic carbocycles. The van der Waals surface area contributed by atoms with Crippen molar-refractivity contribution in [1.82, 2.24) is 0 Å². The number of fused-ring (bicyclic) bond motifs is 1. The first-order valence-corrected chi connectivity index (χ1v) is 6.17. The van der Waals surface area contributed by atoms with Gasteiger partial charge in [-0.3, -0.25) is 4.79 Å². The molecule has 0 spiro atoms. The molecular formula is C14H19N3O. The number of anilines is 2. The molecule has 3 N–H and O–H groups in total. The number of carbonyl (C=O) groups excluding carboxylic acids is 1. The highest BCUT2D eigenvalue weighted by atomic mass is 16.1. The second-order valence-electron chi connectivity index (χ2n) is 4.61. The number of likely N-dealkylation sites (N-methyl/N-ethyl adjacent to an activating group) is 1. The number of nitrogens with zero attached hydrogens (tertiary/aromatic N) is 1. The molecule has 18 heavy (non-hydrogen) atoms. The van der Waals surface area contributed by atoms with E-state index < -0.39 is 0 Å². The molecule has 1 heterocycles. The SMILES string of the molecule is CCC(=O)Nc1ccc2c(c1)C(N)=CC(C)N2C. The average Bonchev–Trinajstić information content (AvgIpc) is 2.36. The third-order valence-electron chi connectivity index (χ3n) is 3.32. The number of hydrogen-bond donors (Lipinski definition) is 2. The standard InChI is InChI=1S/C14H19N3O/c1-4-14(18)16-10-5-6-13-11(8-10)12(15)7-9(2)17(13)3/h5-9H,4,15H2,1-3H3,(H,16,18). The molecule has 0 aromatic heterocycles. The quantitative estimate of drug-likeness (QED) is 0.839. The van der Waals surface area contributed by atoms with Crippen molar-refractivity contribution in [2.75, 3.05) is 17.3 Å². The highest BCUT2D eigenvalue weighted by Crippen LogP contribution is 2.32. The molecule has 0 bridgehead atoms. The fraction of sp³-hybridized carbons (Fsp3) is 0.357. The van der Waals surface area contributed by atoms with Gasteiger partial charge in [-0.1, -0.05) is 6.92 Å². The van der Waals surface area contributed by atoms with Gasteiger partial charge >= 0.3 is 0 Å². The zero-order valence-electron chi connectivity index (χ0n) is 11.0. The van der Waals surface area contributed by atoms with Gasteiger partial charge in [-0.25, -0.2) is 0 Å². The monoisotopic (exact) mass is 245 g/mol. The van der Waals surface area contributed by atoms with Crippen molar-refractivity contribution < 1.29 is 4.79 Å². The van der Waals surface area contributed by atoms with Crippen molar-refractivity contribution in [1.29, 1.82) is 0 Å². The third kappa shape index (κ3) is 2.18. The summed E-state index contributed by atoms with van der Waals surface area (Å²) in [5.41, 5.74) is 9.68. The molecule has 1 aliphatic rings. The van der Waals surface area contributed by atoms with Gasteiger partial charge in [-0.15, -0.1) is 0 Å². The van der Waals surface area contributed by atoms with E-state index in [4.69, 9.17) is 5.73 Å². The minimum Gasteiger partial charge on any atom is -0.398 e. The second kappa shape index (κ2) is 4.72. The molecule has 0 radical (unpaired) electrons. The van der Waals surface area contributed by atoms with E-state index in [2.05, 4.69) is 17.1 Å². The van der Waals surface area contributed by atoms with E-state index in [1.54, 1.807) is 0 Å². The van der Waals surface area contributed by atoms with Gasteiger partial charge in [-0.05, 0) is 31.2 Å². The Kier molecular flexibility index (Phi) is 3.28. The van der Waals surface area contributed by atoms with Crippen molar-refractivity contribution in [2.24, 2.45) is 5.73 Å². The van der Waals surface area contributed by atoms with Gasteiger partial charge in [0, 0.05) is 42.1 Å². The molecule has 1 atom stereocenters. The predicted octanol–water partition coefficient (Wildman–Crippen LogP) is 2.17. The molecular weight excluding hydrogens is 226 g/mol. The molecule has 1 amide bonds. The maximum atomic E-state index is 11.4. The maximum Gasteiger partial charge on any atom is 0.224 e. The first-order chi connectivity index (χ1) is 8.52. The van der Waals surface area contributed by atoms with Gasteiger partial charge in [0.25, 0.3) is 0 Å². The van der Waals surface area contributed by atoms with Crippen LogP contribution in [-0.2, 0) is 4.79 Å². The van der Waals surface area contributed by atoms with Crippen molar-refractivity contribution in [2.45, 2.75) is 26.3 Å². The van der Waals surface area contributed by atoms with Gasteiger partial charge in [0.15, 0.2) is 0 Å². The lowest BCUT2D eigenvalue weighted by atomic mass is 10.0. The minimum absolute atomic E-state index is 0.00929. The fourth-order valence-electron chi connectivity index (χ4n) is 2.08. The number of amides is 1. The molecule has 1 unspecified atom stereocenters. The van der Waals surface area contributed by atoms with E-state index in [0.29, 0.717) is 6.42 Å². The van der Waals surface area contributed by atoms with Crippen LogP contribution in [0.5, 0.6) is 0 Å². The van der Waals surface area contributed by atoms with Crippen LogP contribution in [0.1, 0.15) is 25.8 Å². The Morgan fingerprint density at radius 1 is 1.50 bits per heavy atom. The van der Waals surface area contributed by atoms with Crippen molar-refractivity contribution in [3.63, 3.8) is 0 Å². The minimum atomic E-state index is 0.00929. The summed E-state index contributed by atoms with van der Waals surface area (Å²) in [7, 11) is 2.04. The zero-order chi connectivity index (χ0) is 13.3. The topological polar surface area (TPSA) is 58.4 Å². The molecule has 1 aliphatic heterocycles. The van der Waals surface area contributed by atoms with Crippen LogP contribution in [0, 0.1) is 0 Å². The van der Waals surface area contributed by atoms with Crippen LogP contribution in [0.4, 0.5) is 11.4 Å². The van der Waals surface area contributed by atoms with Crippen LogP contribution < -0.4 is 16.0 Å². The molecule has 96 valence electrons. The van der Waals surface area contributed by atoms with Crippen LogP contribution in [-0.4, -0.2) is 19.0 Å². The van der Waals surface area contributed by atoms with Crippen molar-refractivity contribution in [3.8, 4) is 0 Å². The molecule has 0 aliphatic carbocycles. The smallest absolute Gasteiger partial charge is 0.224 e. The summed E-state index contributed by atoms with van der Waals surface area (Å²) >= 11 is 0. The van der Waals surface area contributed by atoms with E-state index in [-0.39, 0.29) is 11.9 Å². The van der Waals surface area contributed by atoms with E-state index in [1.165, 1.54) is 0 Å². The lowest BCUT2D eigenvalue weighted by molar-refractivity contribution is -0.115. The molecule has 0 saturated heterocycles. The fourth-order valence-corrected chi connectivity index (χ4v) is 2.08. The summed E-state index contributed by atoms with van der Waals surface area (Å²) < 4.78 is 0. The first kappa shape index (κ1) is 12.5. The highest BCUT2D eigenvalue weighted by molar-refractivity contribution is 5.92. The predicted molar refractivity (Wildman–Crippen MR) is 75.4 cm³/mol. The number of nitrogens with two attached hydrogens (primary N) is 1. The van der Waals surface area contributed by atoms with Crippen LogP contribution in [0.3, 0.4) is 0 Å². The molecule has 2 rings (SSSR count). The Labute approximate surface area is 107 Å². The van der Waals surface area contributed by atoms with E-state index in [9.17, 15) is 4.79 Å². The first-order valence-electron chi connectivity index (χ1n) is 6.17. The Bertz CT molecular complexity index is 508. The molecule has 4 nitrogen and oxygen atoms in total. The summed E-state index contributed by atoms with van der Waals surface area (Å²) in [6, 6.07) is 6.12. The molecule has 0 fully saturated rings. The lowest BCUT2D eigenvalue weighted by Crippen LogP contribution is -2.32. The zero-order valence-corrected chi connectivity index (χ0v) is 11.0. The molecule has 1 aromatic rings. The summed E-state index contributed by atoms with van der Waals surface area (Å²) in [5.74, 6) is 0.00929. The summed E-state index contributed by atoms with van der Waals surface area (Å²) in [4.78, 5) is 13.5. The van der Waals surface area contributed by atoms with Gasteiger partial charge < -0.3 is 16.0 Å². The summed E-state index contributed by atoms with van der Waals surface area (Å²) in [6.07, 6.45) is 2.49. The van der Waals surface area contributed by atoms with E-state index in [1.807, 2.05) is 38.2 Å². The van der Waals surface area contributed by atoms with Gasteiger partial charge in [0.2, 0.25) is 5.91 Å². The largest absolute Gasteiger partial charge is 0.398 e. The highest BCUT2D eigenvalue weighted by Gasteiger charge is 2.19. The van der Waals surface area contributed by atoms with Crippen molar-refractivity contribution in [3.05, 3.63) is 29.8 Å². The van der Waals surface area contributed by atoms with Crippen molar-refractivity contribution >= 4 is 23.0 Å². The number of carbonyl (C=O) groups is 1. The maximum absolute atomic E-state index is 11.4. The number of hydrogen-bond acceptors (Lipinski definition) is 3. The number of benzene rings is 1. The normalized spacial score (nSPS) is 18.1. The van der Waals surface area contributed by atoms with E-state index >= 15 is 0 Å². The van der Waals surface area contributed by atoms with Crippen LogP contribution in [0.15, 0.2) is 24.3 Å². The second-order valence-corrected chi connectivity index (χ2v) is 4.61.